The fraction of sp³-hybridized carbons (Fsp3) is 0.657. The Hall–Kier alpha value is -1.56. The van der Waals surface area contributed by atoms with Crippen molar-refractivity contribution in [2.45, 2.75) is 150 Å². The van der Waals surface area contributed by atoms with E-state index in [0.29, 0.717) is 5.92 Å². The Morgan fingerprint density at radius 3 is 1.31 bits per heavy atom. The Morgan fingerprint density at radius 1 is 0.486 bits per heavy atom. The van der Waals surface area contributed by atoms with Crippen LogP contribution >= 0.6 is 0 Å². The van der Waals surface area contributed by atoms with E-state index in [1.807, 2.05) is 0 Å². The summed E-state index contributed by atoms with van der Waals surface area (Å²) in [5, 5.41) is 0. The highest BCUT2D eigenvalue weighted by molar-refractivity contribution is 5.49. The van der Waals surface area contributed by atoms with Crippen molar-refractivity contribution in [1.29, 1.82) is 0 Å². The predicted molar refractivity (Wildman–Crippen MR) is 159 cm³/mol. The molecule has 0 spiro atoms. The van der Waals surface area contributed by atoms with E-state index in [0.717, 1.165) is 6.42 Å². The molecule has 0 fully saturated rings. The summed E-state index contributed by atoms with van der Waals surface area (Å²) < 4.78 is 0. The fourth-order valence-electron chi connectivity index (χ4n) is 5.29. The summed E-state index contributed by atoms with van der Waals surface area (Å²) in [6.07, 6.45) is 1.07. The maximum atomic E-state index is 2.57. The quantitative estimate of drug-likeness (QED) is 0.413. The maximum Gasteiger partial charge on any atom is -0.0129 e. The summed E-state index contributed by atoms with van der Waals surface area (Å²) >= 11 is 0. The summed E-state index contributed by atoms with van der Waals surface area (Å²) in [4.78, 5) is 0. The lowest BCUT2D eigenvalue weighted by Gasteiger charge is -2.35. The van der Waals surface area contributed by atoms with E-state index in [4.69, 9.17) is 0 Å². The Kier molecular flexibility index (Phi) is 7.96. The third kappa shape index (κ3) is 7.02. The minimum absolute atomic E-state index is 0.106. The van der Waals surface area contributed by atoms with Gasteiger partial charge in [0.1, 0.15) is 0 Å². The molecule has 0 N–H and O–H groups in total. The average molecular weight is 477 g/mol. The van der Waals surface area contributed by atoms with E-state index in [2.05, 4.69) is 141 Å². The molecule has 0 aliphatic rings. The molecule has 1 atom stereocenters. The van der Waals surface area contributed by atoms with Crippen LogP contribution in [0.15, 0.2) is 30.3 Å². The molecule has 0 radical (unpaired) electrons. The molecule has 2 aromatic rings. The van der Waals surface area contributed by atoms with E-state index >= 15 is 0 Å². The van der Waals surface area contributed by atoms with Crippen molar-refractivity contribution in [3.05, 3.63) is 69.3 Å². The summed E-state index contributed by atoms with van der Waals surface area (Å²) in [5.41, 5.74) is 11.1. The number of hydrogen-bond donors (Lipinski definition) is 0. The second kappa shape index (κ2) is 9.39. The van der Waals surface area contributed by atoms with Crippen molar-refractivity contribution in [2.24, 2.45) is 0 Å². The van der Waals surface area contributed by atoms with Crippen molar-refractivity contribution < 1.29 is 0 Å². The molecule has 0 aliphatic carbocycles. The van der Waals surface area contributed by atoms with Crippen LogP contribution in [0.3, 0.4) is 0 Å². The van der Waals surface area contributed by atoms with Crippen LogP contribution in [0.5, 0.6) is 0 Å². The van der Waals surface area contributed by atoms with E-state index in [9.17, 15) is 0 Å². The monoisotopic (exact) mass is 476 g/mol. The first kappa shape index (κ1) is 29.7. The van der Waals surface area contributed by atoms with Crippen molar-refractivity contribution >= 4 is 0 Å². The number of hydrogen-bond acceptors (Lipinski definition) is 0. The second-order valence-electron chi connectivity index (χ2n) is 16.2. The fourth-order valence-corrected chi connectivity index (χ4v) is 5.29. The van der Waals surface area contributed by atoms with E-state index < -0.39 is 0 Å². The second-order valence-corrected chi connectivity index (χ2v) is 16.2. The molecule has 0 bridgehead atoms. The molecular formula is C35H56. The molecule has 35 heavy (non-hydrogen) atoms. The zero-order valence-corrected chi connectivity index (χ0v) is 26.2. The van der Waals surface area contributed by atoms with E-state index in [1.165, 1.54) is 38.9 Å². The maximum absolute atomic E-state index is 2.57. The highest BCUT2D eigenvalue weighted by Crippen LogP contribution is 2.41. The molecule has 0 aromatic heterocycles. The predicted octanol–water partition coefficient (Wildman–Crippen LogP) is 10.5. The lowest BCUT2D eigenvalue weighted by Crippen LogP contribution is -2.26. The molecule has 1 unspecified atom stereocenters. The molecule has 0 aliphatic heterocycles. The first-order chi connectivity index (χ1) is 15.4. The van der Waals surface area contributed by atoms with Crippen LogP contribution in [0.2, 0.25) is 0 Å². The van der Waals surface area contributed by atoms with Crippen LogP contribution in [0, 0.1) is 0 Å². The third-order valence-electron chi connectivity index (χ3n) is 7.45. The van der Waals surface area contributed by atoms with Gasteiger partial charge in [0.05, 0.1) is 0 Å². The minimum atomic E-state index is 0.106. The van der Waals surface area contributed by atoms with Gasteiger partial charge in [-0.3, -0.25) is 0 Å². The zero-order valence-electron chi connectivity index (χ0n) is 26.2. The van der Waals surface area contributed by atoms with Gasteiger partial charge in [-0.05, 0) is 78.4 Å². The van der Waals surface area contributed by atoms with Gasteiger partial charge in [-0.15, -0.1) is 0 Å². The minimum Gasteiger partial charge on any atom is -0.0582 e. The van der Waals surface area contributed by atoms with Gasteiger partial charge in [-0.25, -0.2) is 0 Å². The van der Waals surface area contributed by atoms with Crippen molar-refractivity contribution in [2.75, 3.05) is 0 Å². The molecule has 0 saturated carbocycles. The van der Waals surface area contributed by atoms with Gasteiger partial charge in [-0.2, -0.15) is 0 Å². The van der Waals surface area contributed by atoms with E-state index in [-0.39, 0.29) is 27.1 Å². The first-order valence-corrected chi connectivity index (χ1v) is 13.8. The van der Waals surface area contributed by atoms with Crippen LogP contribution in [0.1, 0.15) is 156 Å². The van der Waals surface area contributed by atoms with E-state index in [1.54, 1.807) is 0 Å². The molecule has 0 saturated heterocycles. The van der Waals surface area contributed by atoms with Gasteiger partial charge in [0.2, 0.25) is 0 Å². The lowest BCUT2D eigenvalue weighted by atomic mass is 9.69. The van der Waals surface area contributed by atoms with Crippen LogP contribution in [-0.2, 0) is 33.5 Å². The summed E-state index contributed by atoms with van der Waals surface area (Å²) in [5.74, 6) is 0.452. The third-order valence-corrected chi connectivity index (χ3v) is 7.45. The number of rotatable bonds is 3. The Labute approximate surface area is 219 Å². The SMILES string of the molecule is CC(Cc1cc(C(C)(C)C)c(C(C)(C)C)cc1C(C)(C)C)c1ccc(C(C)(C)C)cc1C(C)(C)C. The van der Waals surface area contributed by atoms with Gasteiger partial charge in [-0.1, -0.05) is 141 Å². The van der Waals surface area contributed by atoms with Crippen LogP contribution in [0.25, 0.3) is 0 Å². The molecule has 0 nitrogen and oxygen atoms in total. The van der Waals surface area contributed by atoms with Crippen molar-refractivity contribution in [3.8, 4) is 0 Å². The first-order valence-electron chi connectivity index (χ1n) is 13.8. The topological polar surface area (TPSA) is 0 Å². The standard InChI is InChI=1S/C35H56/c1-23(26-18-17-25(31(2,3)4)21-28(26)33(8,9)10)19-24-20-29(34(11,12)13)30(35(14,15)16)22-27(24)32(5,6)7/h17-18,20-23H,19H2,1-16H3. The van der Waals surface area contributed by atoms with Gasteiger partial charge in [0.25, 0.3) is 0 Å². The largest absolute Gasteiger partial charge is 0.0582 e. The molecule has 196 valence electrons. The average Bonchev–Trinajstić information content (AvgIpc) is 2.63. The summed E-state index contributed by atoms with van der Waals surface area (Å²) in [6, 6.07) is 12.4. The molecule has 2 rings (SSSR count). The van der Waals surface area contributed by atoms with Gasteiger partial charge in [0.15, 0.2) is 0 Å². The van der Waals surface area contributed by atoms with Crippen molar-refractivity contribution in [3.63, 3.8) is 0 Å². The van der Waals surface area contributed by atoms with Crippen LogP contribution in [-0.4, -0.2) is 0 Å². The Balaban J connectivity index is 2.73. The Morgan fingerprint density at radius 2 is 0.914 bits per heavy atom. The lowest BCUT2D eigenvalue weighted by molar-refractivity contribution is 0.518. The van der Waals surface area contributed by atoms with Crippen LogP contribution in [0.4, 0.5) is 0 Å². The Bertz CT molecular complexity index is 1030. The van der Waals surface area contributed by atoms with Crippen molar-refractivity contribution in [1.82, 2.24) is 0 Å². The summed E-state index contributed by atoms with van der Waals surface area (Å²) in [7, 11) is 0. The smallest absolute Gasteiger partial charge is 0.0129 e. The number of benzene rings is 2. The molecule has 0 heteroatoms. The highest BCUT2D eigenvalue weighted by atomic mass is 14.4. The molecule has 0 heterocycles. The highest BCUT2D eigenvalue weighted by Gasteiger charge is 2.31. The van der Waals surface area contributed by atoms with Gasteiger partial charge < -0.3 is 0 Å². The zero-order chi connectivity index (χ0) is 27.4. The summed E-state index contributed by atoms with van der Waals surface area (Å²) in [6.45, 7) is 37.8. The van der Waals surface area contributed by atoms with Gasteiger partial charge >= 0.3 is 0 Å². The molecular weight excluding hydrogens is 420 g/mol. The molecule has 2 aromatic carbocycles. The molecule has 0 amide bonds. The normalized spacial score (nSPS) is 14.9. The van der Waals surface area contributed by atoms with Gasteiger partial charge in [0, 0.05) is 0 Å². The van der Waals surface area contributed by atoms with Crippen LogP contribution < -0.4 is 0 Å².